The molecule has 0 aliphatic carbocycles. The van der Waals surface area contributed by atoms with Crippen LogP contribution in [0.3, 0.4) is 0 Å². The van der Waals surface area contributed by atoms with Gasteiger partial charge in [0, 0.05) is 5.39 Å². The molecule has 0 spiro atoms. The van der Waals surface area contributed by atoms with E-state index < -0.39 is 10.0 Å². The van der Waals surface area contributed by atoms with Gasteiger partial charge in [0.1, 0.15) is 5.75 Å². The van der Waals surface area contributed by atoms with Crippen molar-refractivity contribution < 1.29 is 13.2 Å². The van der Waals surface area contributed by atoms with Crippen molar-refractivity contribution in [3.05, 3.63) is 71.8 Å². The van der Waals surface area contributed by atoms with Crippen LogP contribution < -0.4 is 9.88 Å². The van der Waals surface area contributed by atoms with Crippen molar-refractivity contribution in [2.24, 2.45) is 5.14 Å². The standard InChI is InChI=1S/C18H17NO3S/c1-22-16-10-6-13(7-11-16)12-15-9-8-14-4-2-3-5-17(14)18(15)23(19,20)21/h2-11H,12H2,1H3,(H2,19,20,21). The van der Waals surface area contributed by atoms with Crippen LogP contribution in [0.2, 0.25) is 0 Å². The Bertz CT molecular complexity index is 948. The third-order valence-electron chi connectivity index (χ3n) is 3.80. The second-order valence-corrected chi connectivity index (χ2v) is 6.84. The van der Waals surface area contributed by atoms with Crippen molar-refractivity contribution in [3.8, 4) is 5.75 Å². The van der Waals surface area contributed by atoms with Gasteiger partial charge in [-0.3, -0.25) is 0 Å². The number of rotatable bonds is 4. The number of fused-ring (bicyclic) bond motifs is 1. The van der Waals surface area contributed by atoms with Crippen molar-refractivity contribution in [1.29, 1.82) is 0 Å². The predicted molar refractivity (Wildman–Crippen MR) is 91.1 cm³/mol. The van der Waals surface area contributed by atoms with E-state index in [2.05, 4.69) is 0 Å². The maximum atomic E-state index is 12.1. The summed E-state index contributed by atoms with van der Waals surface area (Å²) >= 11 is 0. The molecule has 0 aromatic heterocycles. The first-order valence-corrected chi connectivity index (χ1v) is 8.70. The number of nitrogens with two attached hydrogens (primary N) is 1. The van der Waals surface area contributed by atoms with Gasteiger partial charge in [0.15, 0.2) is 0 Å². The van der Waals surface area contributed by atoms with Gasteiger partial charge in [-0.1, -0.05) is 48.5 Å². The molecule has 0 bridgehead atoms. The topological polar surface area (TPSA) is 69.4 Å². The Morgan fingerprint density at radius 3 is 2.30 bits per heavy atom. The lowest BCUT2D eigenvalue weighted by atomic mass is 10.0. The van der Waals surface area contributed by atoms with Gasteiger partial charge in [-0.05, 0) is 35.1 Å². The van der Waals surface area contributed by atoms with Crippen molar-refractivity contribution >= 4 is 20.8 Å². The average Bonchev–Trinajstić information content (AvgIpc) is 2.54. The molecule has 0 fully saturated rings. The van der Waals surface area contributed by atoms with Gasteiger partial charge >= 0.3 is 0 Å². The van der Waals surface area contributed by atoms with E-state index in [1.807, 2.05) is 54.6 Å². The van der Waals surface area contributed by atoms with Gasteiger partial charge in [0.2, 0.25) is 10.0 Å². The zero-order valence-electron chi connectivity index (χ0n) is 12.7. The molecule has 0 aliphatic heterocycles. The summed E-state index contributed by atoms with van der Waals surface area (Å²) in [5.74, 6) is 0.763. The molecule has 4 nitrogen and oxygen atoms in total. The number of primary sulfonamides is 1. The lowest BCUT2D eigenvalue weighted by molar-refractivity contribution is 0.414. The second kappa shape index (κ2) is 6.02. The molecular weight excluding hydrogens is 310 g/mol. The molecule has 3 aromatic rings. The largest absolute Gasteiger partial charge is 0.497 e. The highest BCUT2D eigenvalue weighted by Gasteiger charge is 2.18. The molecule has 118 valence electrons. The molecular formula is C18H17NO3S. The first kappa shape index (κ1) is 15.5. The van der Waals surface area contributed by atoms with Crippen molar-refractivity contribution in [1.82, 2.24) is 0 Å². The van der Waals surface area contributed by atoms with Crippen molar-refractivity contribution in [2.75, 3.05) is 7.11 Å². The van der Waals surface area contributed by atoms with E-state index in [1.165, 1.54) is 0 Å². The number of methoxy groups -OCH3 is 1. The molecule has 0 aliphatic rings. The highest BCUT2D eigenvalue weighted by Crippen LogP contribution is 2.28. The molecule has 2 N–H and O–H groups in total. The molecule has 3 rings (SSSR count). The number of benzene rings is 3. The van der Waals surface area contributed by atoms with Crippen molar-refractivity contribution in [3.63, 3.8) is 0 Å². The Morgan fingerprint density at radius 2 is 1.65 bits per heavy atom. The molecule has 5 heteroatoms. The minimum Gasteiger partial charge on any atom is -0.497 e. The number of sulfonamides is 1. The predicted octanol–water partition coefficient (Wildman–Crippen LogP) is 3.09. The molecule has 0 atom stereocenters. The first-order chi connectivity index (χ1) is 11.0. The van der Waals surface area contributed by atoms with Gasteiger partial charge < -0.3 is 4.74 Å². The fraction of sp³-hybridized carbons (Fsp3) is 0.111. The zero-order valence-corrected chi connectivity index (χ0v) is 13.5. The van der Waals surface area contributed by atoms with Crippen LogP contribution in [0.15, 0.2) is 65.6 Å². The van der Waals surface area contributed by atoms with Gasteiger partial charge in [0.25, 0.3) is 0 Å². The minimum atomic E-state index is -3.82. The van der Waals surface area contributed by atoms with Crippen LogP contribution >= 0.6 is 0 Å². The Kier molecular flexibility index (Phi) is 4.07. The maximum absolute atomic E-state index is 12.1. The number of hydrogen-bond donors (Lipinski definition) is 1. The van der Waals surface area contributed by atoms with E-state index in [1.54, 1.807) is 13.2 Å². The zero-order chi connectivity index (χ0) is 16.4. The highest BCUT2D eigenvalue weighted by molar-refractivity contribution is 7.89. The Morgan fingerprint density at radius 1 is 0.957 bits per heavy atom. The second-order valence-electron chi connectivity index (χ2n) is 5.34. The normalized spacial score (nSPS) is 11.6. The molecule has 0 heterocycles. The summed E-state index contributed by atoms with van der Waals surface area (Å²) in [5.41, 5.74) is 1.68. The quantitative estimate of drug-likeness (QED) is 0.800. The molecule has 0 saturated carbocycles. The SMILES string of the molecule is COc1ccc(Cc2ccc3ccccc3c2S(N)(=O)=O)cc1. The Labute approximate surface area is 135 Å². The number of hydrogen-bond acceptors (Lipinski definition) is 3. The third kappa shape index (κ3) is 3.21. The number of ether oxygens (including phenoxy) is 1. The van der Waals surface area contributed by atoms with Crippen LogP contribution in [-0.2, 0) is 16.4 Å². The lowest BCUT2D eigenvalue weighted by Gasteiger charge is -2.12. The van der Waals surface area contributed by atoms with E-state index in [4.69, 9.17) is 9.88 Å². The summed E-state index contributed by atoms with van der Waals surface area (Å²) in [6.07, 6.45) is 0.487. The van der Waals surface area contributed by atoms with Gasteiger partial charge in [-0.25, -0.2) is 13.6 Å². The van der Waals surface area contributed by atoms with E-state index in [9.17, 15) is 8.42 Å². The Balaban J connectivity index is 2.13. The fourth-order valence-corrected chi connectivity index (χ4v) is 3.72. The first-order valence-electron chi connectivity index (χ1n) is 7.15. The summed E-state index contributed by atoms with van der Waals surface area (Å²) in [6, 6.07) is 18.6. The smallest absolute Gasteiger partial charge is 0.238 e. The highest BCUT2D eigenvalue weighted by atomic mass is 32.2. The van der Waals surface area contributed by atoms with Crippen LogP contribution in [0.1, 0.15) is 11.1 Å². The van der Waals surface area contributed by atoms with Gasteiger partial charge in [-0.2, -0.15) is 0 Å². The molecule has 0 radical (unpaired) electrons. The summed E-state index contributed by atoms with van der Waals surface area (Å²) < 4.78 is 29.4. The van der Waals surface area contributed by atoms with Crippen LogP contribution in [0, 0.1) is 0 Å². The van der Waals surface area contributed by atoms with E-state index in [0.717, 1.165) is 16.7 Å². The summed E-state index contributed by atoms with van der Waals surface area (Å²) in [4.78, 5) is 0.200. The lowest BCUT2D eigenvalue weighted by Crippen LogP contribution is -2.15. The van der Waals surface area contributed by atoms with Crippen LogP contribution in [0.25, 0.3) is 10.8 Å². The fourth-order valence-electron chi connectivity index (χ4n) is 2.73. The van der Waals surface area contributed by atoms with E-state index in [-0.39, 0.29) is 4.90 Å². The van der Waals surface area contributed by atoms with Crippen molar-refractivity contribution in [2.45, 2.75) is 11.3 Å². The summed E-state index contributed by atoms with van der Waals surface area (Å²) in [7, 11) is -2.21. The monoisotopic (exact) mass is 327 g/mol. The molecule has 23 heavy (non-hydrogen) atoms. The van der Waals surface area contributed by atoms with Gasteiger partial charge in [-0.15, -0.1) is 0 Å². The Hall–Kier alpha value is -2.37. The summed E-state index contributed by atoms with van der Waals surface area (Å²) in [6.45, 7) is 0. The van der Waals surface area contributed by atoms with Crippen LogP contribution in [0.4, 0.5) is 0 Å². The van der Waals surface area contributed by atoms with Crippen LogP contribution in [0.5, 0.6) is 5.75 Å². The minimum absolute atomic E-state index is 0.200. The van der Waals surface area contributed by atoms with E-state index >= 15 is 0 Å². The third-order valence-corrected chi connectivity index (χ3v) is 4.85. The molecule has 0 amide bonds. The maximum Gasteiger partial charge on any atom is 0.238 e. The molecule has 0 unspecified atom stereocenters. The van der Waals surface area contributed by atoms with Gasteiger partial charge in [0.05, 0.1) is 12.0 Å². The summed E-state index contributed by atoms with van der Waals surface area (Å²) in [5, 5.41) is 6.99. The van der Waals surface area contributed by atoms with Crippen LogP contribution in [-0.4, -0.2) is 15.5 Å². The molecule has 0 saturated heterocycles. The average molecular weight is 327 g/mol. The molecule has 3 aromatic carbocycles. The van der Waals surface area contributed by atoms with E-state index in [0.29, 0.717) is 17.4 Å².